The van der Waals surface area contributed by atoms with Crippen LogP contribution in [0.5, 0.6) is 5.75 Å². The van der Waals surface area contributed by atoms with Crippen molar-refractivity contribution in [3.63, 3.8) is 0 Å². The quantitative estimate of drug-likeness (QED) is 0.333. The van der Waals surface area contributed by atoms with Crippen LogP contribution in [0.3, 0.4) is 0 Å². The Hall–Kier alpha value is -3.01. The van der Waals surface area contributed by atoms with Crippen LogP contribution in [-0.2, 0) is 23.1 Å². The summed E-state index contributed by atoms with van der Waals surface area (Å²) >= 11 is 3.47. The zero-order valence-electron chi connectivity index (χ0n) is 17.2. The van der Waals surface area contributed by atoms with Crippen molar-refractivity contribution in [3.8, 4) is 17.2 Å². The van der Waals surface area contributed by atoms with Gasteiger partial charge in [-0.25, -0.2) is 8.42 Å². The number of hydrogen-bond acceptors (Lipinski definition) is 6. The van der Waals surface area contributed by atoms with Crippen LogP contribution in [0.1, 0.15) is 11.5 Å². The van der Waals surface area contributed by atoms with E-state index < -0.39 is 10.0 Å². The predicted octanol–water partition coefficient (Wildman–Crippen LogP) is 4.90. The Balaban J connectivity index is 1.66. The van der Waals surface area contributed by atoms with Gasteiger partial charge in [-0.1, -0.05) is 42.5 Å². The minimum Gasteiger partial charge on any atom is -0.497 e. The van der Waals surface area contributed by atoms with Crippen LogP contribution >= 0.6 is 15.9 Å². The van der Waals surface area contributed by atoms with Gasteiger partial charge in [0, 0.05) is 11.0 Å². The van der Waals surface area contributed by atoms with Gasteiger partial charge in [0.05, 0.1) is 24.1 Å². The Kier molecular flexibility index (Phi) is 6.69. The van der Waals surface area contributed by atoms with Crippen molar-refractivity contribution in [2.45, 2.75) is 18.0 Å². The zero-order valence-corrected chi connectivity index (χ0v) is 19.6. The molecule has 4 aromatic rings. The molecule has 0 aliphatic carbocycles. The van der Waals surface area contributed by atoms with Crippen LogP contribution in [-0.4, -0.2) is 30.0 Å². The van der Waals surface area contributed by atoms with Gasteiger partial charge in [0.15, 0.2) is 0 Å². The maximum absolute atomic E-state index is 13.5. The SMILES string of the molecule is COc1ccc(S(=O)(=O)N(Cc2ccccc2)Cc2nnc(-c3ccccc3Br)o2)cc1. The predicted molar refractivity (Wildman–Crippen MR) is 123 cm³/mol. The second-order valence-corrected chi connectivity index (χ2v) is 9.71. The second-order valence-electron chi connectivity index (χ2n) is 6.92. The molecule has 0 aliphatic heterocycles. The molecule has 32 heavy (non-hydrogen) atoms. The molecule has 1 aromatic heterocycles. The van der Waals surface area contributed by atoms with Gasteiger partial charge < -0.3 is 9.15 Å². The Morgan fingerprint density at radius 3 is 2.28 bits per heavy atom. The van der Waals surface area contributed by atoms with E-state index in [1.807, 2.05) is 54.6 Å². The van der Waals surface area contributed by atoms with E-state index >= 15 is 0 Å². The van der Waals surface area contributed by atoms with Crippen molar-refractivity contribution in [3.05, 3.63) is 94.8 Å². The summed E-state index contributed by atoms with van der Waals surface area (Å²) in [7, 11) is -2.31. The van der Waals surface area contributed by atoms with E-state index in [0.717, 1.165) is 15.6 Å². The standard InChI is InChI=1S/C23H20BrN3O4S/c1-30-18-11-13-19(14-12-18)32(28,29)27(15-17-7-3-2-4-8-17)16-22-25-26-23(31-22)20-9-5-6-10-21(20)24/h2-14H,15-16H2,1H3. The lowest BCUT2D eigenvalue weighted by Gasteiger charge is -2.21. The fraction of sp³-hybridized carbons (Fsp3) is 0.130. The molecule has 0 bridgehead atoms. The van der Waals surface area contributed by atoms with Gasteiger partial charge in [0.2, 0.25) is 21.8 Å². The summed E-state index contributed by atoms with van der Waals surface area (Å²) in [5.41, 5.74) is 1.58. The number of aromatic nitrogens is 2. The highest BCUT2D eigenvalue weighted by Crippen LogP contribution is 2.28. The lowest BCUT2D eigenvalue weighted by molar-refractivity contribution is 0.352. The van der Waals surface area contributed by atoms with Crippen LogP contribution in [0.25, 0.3) is 11.5 Å². The molecule has 0 saturated heterocycles. The highest BCUT2D eigenvalue weighted by Gasteiger charge is 2.27. The average molecular weight is 514 g/mol. The first-order valence-electron chi connectivity index (χ1n) is 9.73. The third kappa shape index (κ3) is 4.90. The van der Waals surface area contributed by atoms with Crippen LogP contribution < -0.4 is 4.74 Å². The van der Waals surface area contributed by atoms with Gasteiger partial charge in [0.25, 0.3) is 0 Å². The number of benzene rings is 3. The van der Waals surface area contributed by atoms with Crippen LogP contribution in [0.4, 0.5) is 0 Å². The van der Waals surface area contributed by atoms with E-state index in [2.05, 4.69) is 26.1 Å². The van der Waals surface area contributed by atoms with Crippen molar-refractivity contribution in [2.75, 3.05) is 7.11 Å². The van der Waals surface area contributed by atoms with Crippen LogP contribution in [0, 0.1) is 0 Å². The van der Waals surface area contributed by atoms with Crippen molar-refractivity contribution < 1.29 is 17.6 Å². The largest absolute Gasteiger partial charge is 0.497 e. The number of halogens is 1. The third-order valence-corrected chi connectivity index (χ3v) is 7.28. The van der Waals surface area contributed by atoms with Crippen molar-refractivity contribution in [2.24, 2.45) is 0 Å². The molecule has 0 N–H and O–H groups in total. The molecule has 0 atom stereocenters. The van der Waals surface area contributed by atoms with Gasteiger partial charge >= 0.3 is 0 Å². The molecular weight excluding hydrogens is 494 g/mol. The third-order valence-electron chi connectivity index (χ3n) is 4.78. The molecule has 1 heterocycles. The molecular formula is C23H20BrN3O4S. The average Bonchev–Trinajstić information content (AvgIpc) is 3.28. The van der Waals surface area contributed by atoms with Crippen molar-refractivity contribution in [1.82, 2.24) is 14.5 Å². The Bertz CT molecular complexity index is 1290. The molecule has 0 saturated carbocycles. The molecule has 164 valence electrons. The maximum atomic E-state index is 13.5. The maximum Gasteiger partial charge on any atom is 0.248 e. The first-order valence-corrected chi connectivity index (χ1v) is 12.0. The van der Waals surface area contributed by atoms with Crippen LogP contribution in [0.15, 0.2) is 92.6 Å². The fourth-order valence-electron chi connectivity index (χ4n) is 3.12. The molecule has 0 amide bonds. The Morgan fingerprint density at radius 2 is 1.59 bits per heavy atom. The van der Waals surface area contributed by atoms with Crippen molar-refractivity contribution >= 4 is 26.0 Å². The molecule has 0 aliphatic rings. The lowest BCUT2D eigenvalue weighted by Crippen LogP contribution is -2.30. The van der Waals surface area contributed by atoms with E-state index in [0.29, 0.717) is 11.6 Å². The normalized spacial score (nSPS) is 11.6. The number of rotatable bonds is 8. The van der Waals surface area contributed by atoms with E-state index in [1.165, 1.54) is 23.5 Å². The van der Waals surface area contributed by atoms with Crippen molar-refractivity contribution in [1.29, 1.82) is 0 Å². The number of ether oxygens (including phenoxy) is 1. The monoisotopic (exact) mass is 513 g/mol. The number of nitrogens with zero attached hydrogens (tertiary/aromatic N) is 3. The Labute approximate surface area is 194 Å². The van der Waals surface area contributed by atoms with E-state index in [-0.39, 0.29) is 23.9 Å². The molecule has 4 rings (SSSR count). The molecule has 0 unspecified atom stereocenters. The minimum absolute atomic E-state index is 0.0687. The van der Waals surface area contributed by atoms with Crippen LogP contribution in [0.2, 0.25) is 0 Å². The van der Waals surface area contributed by atoms with E-state index in [1.54, 1.807) is 12.1 Å². The second kappa shape index (κ2) is 9.64. The fourth-order valence-corrected chi connectivity index (χ4v) is 4.95. The number of hydrogen-bond donors (Lipinski definition) is 0. The molecule has 9 heteroatoms. The first kappa shape index (κ1) is 22.2. The van der Waals surface area contributed by atoms with E-state index in [4.69, 9.17) is 9.15 Å². The van der Waals surface area contributed by atoms with Gasteiger partial charge in [-0.15, -0.1) is 10.2 Å². The van der Waals surface area contributed by atoms with Gasteiger partial charge in [-0.2, -0.15) is 4.31 Å². The highest BCUT2D eigenvalue weighted by atomic mass is 79.9. The highest BCUT2D eigenvalue weighted by molar-refractivity contribution is 9.10. The summed E-state index contributed by atoms with van der Waals surface area (Å²) in [6.45, 7) is 0.0860. The van der Waals surface area contributed by atoms with Gasteiger partial charge in [-0.3, -0.25) is 0 Å². The van der Waals surface area contributed by atoms with E-state index in [9.17, 15) is 8.42 Å². The summed E-state index contributed by atoms with van der Waals surface area (Å²) < 4.78 is 40.0. The molecule has 3 aromatic carbocycles. The number of methoxy groups -OCH3 is 1. The molecule has 0 radical (unpaired) electrons. The number of sulfonamides is 1. The summed E-state index contributed by atoms with van der Waals surface area (Å²) in [6.07, 6.45) is 0. The summed E-state index contributed by atoms with van der Waals surface area (Å²) in [5, 5.41) is 8.19. The Morgan fingerprint density at radius 1 is 0.906 bits per heavy atom. The lowest BCUT2D eigenvalue weighted by atomic mass is 10.2. The van der Waals surface area contributed by atoms with Gasteiger partial charge in [0.1, 0.15) is 5.75 Å². The first-order chi connectivity index (χ1) is 15.5. The summed E-state index contributed by atoms with van der Waals surface area (Å²) in [6, 6.07) is 23.1. The molecule has 0 fully saturated rings. The summed E-state index contributed by atoms with van der Waals surface area (Å²) in [4.78, 5) is 0.153. The minimum atomic E-state index is -3.85. The molecule has 0 spiro atoms. The summed E-state index contributed by atoms with van der Waals surface area (Å²) in [5.74, 6) is 1.09. The smallest absolute Gasteiger partial charge is 0.248 e. The molecule has 7 nitrogen and oxygen atoms in total. The zero-order chi connectivity index (χ0) is 22.6. The van der Waals surface area contributed by atoms with Gasteiger partial charge in [-0.05, 0) is 57.9 Å². The topological polar surface area (TPSA) is 85.5 Å².